The molecule has 1 unspecified atom stereocenters. The van der Waals surface area contributed by atoms with E-state index in [0.717, 1.165) is 25.3 Å². The van der Waals surface area contributed by atoms with Gasteiger partial charge in [0.2, 0.25) is 0 Å². The molecule has 1 aliphatic rings. The van der Waals surface area contributed by atoms with Crippen LogP contribution in [-0.4, -0.2) is 54.0 Å². The number of halogens is 2. The fourth-order valence-corrected chi connectivity index (χ4v) is 2.79. The van der Waals surface area contributed by atoms with Crippen LogP contribution in [0.2, 0.25) is 0 Å². The molecule has 1 heterocycles. The Kier molecular flexibility index (Phi) is 4.77. The molecule has 1 N–H and O–H groups in total. The Labute approximate surface area is 123 Å². The summed E-state index contributed by atoms with van der Waals surface area (Å²) in [5.74, 6) is -3.14. The van der Waals surface area contributed by atoms with Crippen molar-refractivity contribution in [2.24, 2.45) is 0 Å². The molecular formula is C15H20F2N2O2. The minimum atomic E-state index is -1.02. The number of carbonyl (C=O) groups excluding carboxylic acids is 1. The molecule has 0 aliphatic carbocycles. The molecule has 2 rings (SSSR count). The van der Waals surface area contributed by atoms with Gasteiger partial charge in [-0.15, -0.1) is 0 Å². The lowest BCUT2D eigenvalue weighted by Crippen LogP contribution is -2.48. The number of aromatic hydroxyl groups is 1. The first-order valence-electron chi connectivity index (χ1n) is 7.04. The van der Waals surface area contributed by atoms with Crippen LogP contribution in [0.15, 0.2) is 12.1 Å². The first kappa shape index (κ1) is 15.7. The monoisotopic (exact) mass is 298 g/mol. The maximum atomic E-state index is 13.8. The summed E-state index contributed by atoms with van der Waals surface area (Å²) in [5, 5.41) is 9.70. The predicted octanol–water partition coefficient (Wildman–Crippen LogP) is 2.23. The summed E-state index contributed by atoms with van der Waals surface area (Å²) in [6.45, 7) is 1.20. The van der Waals surface area contributed by atoms with Gasteiger partial charge in [0, 0.05) is 31.3 Å². The Hall–Kier alpha value is -1.69. The number of hydrogen-bond donors (Lipinski definition) is 1. The van der Waals surface area contributed by atoms with E-state index in [-0.39, 0.29) is 6.04 Å². The summed E-state index contributed by atoms with van der Waals surface area (Å²) in [4.78, 5) is 16.1. The first-order valence-corrected chi connectivity index (χ1v) is 7.04. The number of likely N-dealkylation sites (tertiary alicyclic amines) is 1. The lowest BCUT2D eigenvalue weighted by atomic mass is 10.00. The van der Waals surface area contributed by atoms with Crippen molar-refractivity contribution in [2.75, 3.05) is 27.2 Å². The van der Waals surface area contributed by atoms with Crippen LogP contribution in [0, 0.1) is 11.6 Å². The van der Waals surface area contributed by atoms with Crippen LogP contribution >= 0.6 is 0 Å². The number of benzene rings is 1. The molecule has 1 saturated heterocycles. The van der Waals surface area contributed by atoms with Gasteiger partial charge in [-0.05, 0) is 33.4 Å². The van der Waals surface area contributed by atoms with Crippen LogP contribution in [0.25, 0.3) is 0 Å². The van der Waals surface area contributed by atoms with Gasteiger partial charge >= 0.3 is 0 Å². The zero-order valence-corrected chi connectivity index (χ0v) is 12.3. The molecule has 1 atom stereocenters. The van der Waals surface area contributed by atoms with Gasteiger partial charge in [-0.3, -0.25) is 4.79 Å². The van der Waals surface area contributed by atoms with Crippen LogP contribution in [0.5, 0.6) is 5.75 Å². The molecular weight excluding hydrogens is 278 g/mol. The van der Waals surface area contributed by atoms with Crippen LogP contribution < -0.4 is 0 Å². The summed E-state index contributed by atoms with van der Waals surface area (Å²) in [7, 11) is 3.82. The van der Waals surface area contributed by atoms with Crippen LogP contribution in [-0.2, 0) is 0 Å². The molecule has 0 bridgehead atoms. The summed E-state index contributed by atoms with van der Waals surface area (Å²) in [6, 6.07) is 1.36. The standard InChI is InChI=1S/C15H20F2N2O2/c1-18(2)9-11-5-3-4-6-19(11)15(21)14-12(17)7-10(16)8-13(14)20/h7-8,11,20H,3-6,9H2,1-2H3. The number of rotatable bonds is 3. The van der Waals surface area contributed by atoms with Gasteiger partial charge in [0.15, 0.2) is 0 Å². The predicted molar refractivity (Wildman–Crippen MR) is 75.3 cm³/mol. The molecule has 116 valence electrons. The van der Waals surface area contributed by atoms with Crippen molar-refractivity contribution in [2.45, 2.75) is 25.3 Å². The second kappa shape index (κ2) is 6.39. The number of likely N-dealkylation sites (N-methyl/N-ethyl adjacent to an activating group) is 1. The molecule has 0 saturated carbocycles. The summed E-state index contributed by atoms with van der Waals surface area (Å²) < 4.78 is 26.9. The van der Waals surface area contributed by atoms with Crippen LogP contribution in [0.3, 0.4) is 0 Å². The minimum absolute atomic E-state index is 0.0231. The highest BCUT2D eigenvalue weighted by Crippen LogP contribution is 2.27. The second-order valence-corrected chi connectivity index (χ2v) is 5.69. The Balaban J connectivity index is 2.29. The zero-order chi connectivity index (χ0) is 15.6. The van der Waals surface area contributed by atoms with E-state index >= 15 is 0 Å². The highest BCUT2D eigenvalue weighted by molar-refractivity contribution is 5.97. The third-order valence-electron chi connectivity index (χ3n) is 3.71. The quantitative estimate of drug-likeness (QED) is 0.930. The molecule has 1 aromatic carbocycles. The zero-order valence-electron chi connectivity index (χ0n) is 12.3. The van der Waals surface area contributed by atoms with E-state index in [4.69, 9.17) is 0 Å². The SMILES string of the molecule is CN(C)CC1CCCCN1C(=O)c1c(O)cc(F)cc1F. The lowest BCUT2D eigenvalue weighted by Gasteiger charge is -2.37. The summed E-state index contributed by atoms with van der Waals surface area (Å²) in [5.41, 5.74) is -0.443. The normalized spacial score (nSPS) is 19.1. The highest BCUT2D eigenvalue weighted by Gasteiger charge is 2.31. The summed E-state index contributed by atoms with van der Waals surface area (Å²) in [6.07, 6.45) is 2.70. The number of carbonyl (C=O) groups is 1. The maximum Gasteiger partial charge on any atom is 0.260 e. The molecule has 0 radical (unpaired) electrons. The van der Waals surface area contributed by atoms with Gasteiger partial charge in [0.1, 0.15) is 22.9 Å². The summed E-state index contributed by atoms with van der Waals surface area (Å²) >= 11 is 0. The third-order valence-corrected chi connectivity index (χ3v) is 3.71. The molecule has 0 aromatic heterocycles. The first-order chi connectivity index (χ1) is 9.90. The fourth-order valence-electron chi connectivity index (χ4n) is 2.79. The van der Waals surface area contributed by atoms with Gasteiger partial charge in [0.25, 0.3) is 5.91 Å². The molecule has 1 amide bonds. The largest absolute Gasteiger partial charge is 0.507 e. The van der Waals surface area contributed by atoms with Gasteiger partial charge in [-0.25, -0.2) is 8.78 Å². The maximum absolute atomic E-state index is 13.8. The molecule has 6 heteroatoms. The smallest absolute Gasteiger partial charge is 0.260 e. The van der Waals surface area contributed by atoms with E-state index in [1.807, 2.05) is 19.0 Å². The van der Waals surface area contributed by atoms with E-state index in [2.05, 4.69) is 0 Å². The van der Waals surface area contributed by atoms with Crippen molar-refractivity contribution in [1.82, 2.24) is 9.80 Å². The number of hydrogen-bond acceptors (Lipinski definition) is 3. The Morgan fingerprint density at radius 3 is 2.71 bits per heavy atom. The van der Waals surface area contributed by atoms with E-state index in [9.17, 15) is 18.7 Å². The van der Waals surface area contributed by atoms with Gasteiger partial charge in [0.05, 0.1) is 0 Å². The molecule has 21 heavy (non-hydrogen) atoms. The molecule has 4 nitrogen and oxygen atoms in total. The highest BCUT2D eigenvalue weighted by atomic mass is 19.1. The Morgan fingerprint density at radius 2 is 2.10 bits per heavy atom. The molecule has 0 spiro atoms. The number of phenolic OH excluding ortho intramolecular Hbond substituents is 1. The molecule has 1 aromatic rings. The van der Waals surface area contributed by atoms with E-state index in [1.54, 1.807) is 4.90 Å². The van der Waals surface area contributed by atoms with Gasteiger partial charge in [-0.1, -0.05) is 0 Å². The van der Waals surface area contributed by atoms with Crippen molar-refractivity contribution in [3.63, 3.8) is 0 Å². The van der Waals surface area contributed by atoms with E-state index < -0.39 is 28.9 Å². The van der Waals surface area contributed by atoms with Crippen LogP contribution in [0.4, 0.5) is 8.78 Å². The van der Waals surface area contributed by atoms with E-state index in [1.165, 1.54) is 0 Å². The van der Waals surface area contributed by atoms with Crippen molar-refractivity contribution in [1.29, 1.82) is 0 Å². The number of amides is 1. The second-order valence-electron chi connectivity index (χ2n) is 5.69. The number of piperidine rings is 1. The average Bonchev–Trinajstić information content (AvgIpc) is 2.37. The average molecular weight is 298 g/mol. The van der Waals surface area contributed by atoms with Crippen molar-refractivity contribution in [3.8, 4) is 5.75 Å². The lowest BCUT2D eigenvalue weighted by molar-refractivity contribution is 0.0567. The molecule has 1 aliphatic heterocycles. The third kappa shape index (κ3) is 3.50. The fraction of sp³-hybridized carbons (Fsp3) is 0.533. The van der Waals surface area contributed by atoms with Crippen LogP contribution in [0.1, 0.15) is 29.6 Å². The van der Waals surface area contributed by atoms with Crippen molar-refractivity contribution in [3.05, 3.63) is 29.3 Å². The topological polar surface area (TPSA) is 43.8 Å². The Morgan fingerprint density at radius 1 is 1.38 bits per heavy atom. The molecule has 1 fully saturated rings. The Bertz CT molecular complexity index is 511. The van der Waals surface area contributed by atoms with E-state index in [0.29, 0.717) is 19.2 Å². The van der Waals surface area contributed by atoms with Crippen molar-refractivity contribution < 1.29 is 18.7 Å². The minimum Gasteiger partial charge on any atom is -0.507 e. The number of nitrogens with zero attached hydrogens (tertiary/aromatic N) is 2. The van der Waals surface area contributed by atoms with Gasteiger partial charge < -0.3 is 14.9 Å². The van der Waals surface area contributed by atoms with Gasteiger partial charge in [-0.2, -0.15) is 0 Å². The number of phenols is 1. The van der Waals surface area contributed by atoms with Crippen molar-refractivity contribution >= 4 is 5.91 Å².